The molecule has 0 aliphatic carbocycles. The third kappa shape index (κ3) is 4.48. The number of carbonyl (C=O) groups excluding carboxylic acids is 3. The number of nitrogens with zero attached hydrogens (tertiary/aromatic N) is 1. The molecule has 1 aliphatic rings. The zero-order valence-corrected chi connectivity index (χ0v) is 15.2. The molecule has 2 heterocycles. The van der Waals surface area contributed by atoms with E-state index >= 15 is 0 Å². The molecular formula is C18H17FN2O5S. The Morgan fingerprint density at radius 1 is 1.30 bits per heavy atom. The monoisotopic (exact) mass is 392 g/mol. The van der Waals surface area contributed by atoms with E-state index in [0.717, 1.165) is 0 Å². The number of benzene rings is 1. The maximum atomic E-state index is 12.9. The second-order valence-electron chi connectivity index (χ2n) is 5.81. The van der Waals surface area contributed by atoms with Gasteiger partial charge in [0, 0.05) is 18.4 Å². The molecule has 0 unspecified atom stereocenters. The molecule has 0 bridgehead atoms. The number of anilines is 1. The molecule has 2 amide bonds. The Labute approximate surface area is 158 Å². The Hall–Kier alpha value is -2.81. The largest absolute Gasteiger partial charge is 0.466 e. The van der Waals surface area contributed by atoms with Crippen LogP contribution in [0.25, 0.3) is 0 Å². The van der Waals surface area contributed by atoms with Gasteiger partial charge in [-0.3, -0.25) is 9.59 Å². The summed E-state index contributed by atoms with van der Waals surface area (Å²) in [6, 6.07) is 7.84. The van der Waals surface area contributed by atoms with Crippen molar-refractivity contribution in [3.05, 3.63) is 54.2 Å². The van der Waals surface area contributed by atoms with Crippen LogP contribution in [0.5, 0.6) is 0 Å². The molecule has 1 N–H and O–H groups in total. The Balaban J connectivity index is 1.57. The van der Waals surface area contributed by atoms with E-state index in [2.05, 4.69) is 5.32 Å². The Bertz CT molecular complexity index is 825. The van der Waals surface area contributed by atoms with E-state index in [0.29, 0.717) is 17.2 Å². The van der Waals surface area contributed by atoms with Crippen LogP contribution in [-0.2, 0) is 19.1 Å². The number of carbonyl (C=O) groups is 3. The lowest BCUT2D eigenvalue weighted by Crippen LogP contribution is -2.43. The van der Waals surface area contributed by atoms with Crippen molar-refractivity contribution in [1.29, 1.82) is 0 Å². The SMILES string of the molecule is CC(=O)N1[C@@H](C(=O)OCC(=O)Nc2ccc(F)cc2)CS[C@H]1c1ccco1. The second-order valence-corrected chi connectivity index (χ2v) is 6.92. The summed E-state index contributed by atoms with van der Waals surface area (Å²) in [5.74, 6) is -1.03. The summed E-state index contributed by atoms with van der Waals surface area (Å²) < 4.78 is 23.3. The zero-order valence-electron chi connectivity index (χ0n) is 14.4. The van der Waals surface area contributed by atoms with Gasteiger partial charge < -0.3 is 19.4 Å². The average Bonchev–Trinajstić information content (AvgIpc) is 3.30. The summed E-state index contributed by atoms with van der Waals surface area (Å²) in [5, 5.41) is 2.08. The van der Waals surface area contributed by atoms with Crippen LogP contribution in [0.3, 0.4) is 0 Å². The highest BCUT2D eigenvalue weighted by atomic mass is 32.2. The van der Waals surface area contributed by atoms with Crippen LogP contribution in [0, 0.1) is 5.82 Å². The van der Waals surface area contributed by atoms with Gasteiger partial charge in [0.15, 0.2) is 6.61 Å². The number of halogens is 1. The molecule has 1 aromatic heterocycles. The van der Waals surface area contributed by atoms with E-state index in [9.17, 15) is 18.8 Å². The van der Waals surface area contributed by atoms with Crippen molar-refractivity contribution in [1.82, 2.24) is 4.90 Å². The number of amides is 2. The summed E-state index contributed by atoms with van der Waals surface area (Å²) >= 11 is 1.39. The van der Waals surface area contributed by atoms with Crippen LogP contribution in [0.1, 0.15) is 18.1 Å². The third-order valence-electron chi connectivity index (χ3n) is 3.90. The fourth-order valence-corrected chi connectivity index (χ4v) is 4.10. The number of rotatable bonds is 5. The minimum atomic E-state index is -0.804. The first-order valence-corrected chi connectivity index (χ1v) is 9.16. The van der Waals surface area contributed by atoms with Gasteiger partial charge in [-0.05, 0) is 36.4 Å². The van der Waals surface area contributed by atoms with Crippen molar-refractivity contribution in [2.24, 2.45) is 0 Å². The molecule has 2 atom stereocenters. The summed E-state index contributed by atoms with van der Waals surface area (Å²) in [7, 11) is 0. The molecule has 0 saturated carbocycles. The number of hydrogen-bond donors (Lipinski definition) is 1. The van der Waals surface area contributed by atoms with Gasteiger partial charge in [-0.1, -0.05) is 0 Å². The fourth-order valence-electron chi connectivity index (χ4n) is 2.69. The Kier molecular flexibility index (Phi) is 5.80. The van der Waals surface area contributed by atoms with Crippen LogP contribution in [-0.4, -0.2) is 41.1 Å². The van der Waals surface area contributed by atoms with E-state index in [4.69, 9.17) is 9.15 Å². The van der Waals surface area contributed by atoms with Crippen molar-refractivity contribution in [2.75, 3.05) is 17.7 Å². The zero-order chi connectivity index (χ0) is 19.4. The molecule has 7 nitrogen and oxygen atoms in total. The fraction of sp³-hybridized carbons (Fsp3) is 0.278. The van der Waals surface area contributed by atoms with Gasteiger partial charge in [-0.15, -0.1) is 11.8 Å². The minimum absolute atomic E-state index is 0.292. The first-order valence-electron chi connectivity index (χ1n) is 8.11. The van der Waals surface area contributed by atoms with Gasteiger partial charge in [-0.2, -0.15) is 0 Å². The summed E-state index contributed by atoms with van der Waals surface area (Å²) in [5.41, 5.74) is 0.386. The van der Waals surface area contributed by atoms with E-state index < -0.39 is 35.7 Å². The Morgan fingerprint density at radius 3 is 2.67 bits per heavy atom. The van der Waals surface area contributed by atoms with Gasteiger partial charge in [0.1, 0.15) is 23.0 Å². The van der Waals surface area contributed by atoms with Gasteiger partial charge in [-0.25, -0.2) is 9.18 Å². The number of nitrogens with one attached hydrogen (secondary N) is 1. The molecule has 9 heteroatoms. The van der Waals surface area contributed by atoms with Gasteiger partial charge in [0.2, 0.25) is 5.91 Å². The third-order valence-corrected chi connectivity index (χ3v) is 5.18. The van der Waals surface area contributed by atoms with Crippen LogP contribution < -0.4 is 5.32 Å². The maximum Gasteiger partial charge on any atom is 0.330 e. The molecular weight excluding hydrogens is 375 g/mol. The van der Waals surface area contributed by atoms with Crippen LogP contribution >= 0.6 is 11.8 Å². The maximum absolute atomic E-state index is 12.9. The van der Waals surface area contributed by atoms with Gasteiger partial charge in [0.05, 0.1) is 6.26 Å². The first kappa shape index (κ1) is 19.0. The quantitative estimate of drug-likeness (QED) is 0.787. The number of furan rings is 1. The lowest BCUT2D eigenvalue weighted by Gasteiger charge is -2.25. The standard InChI is InChI=1S/C18H17FN2O5S/c1-11(22)21-14(10-27-17(21)15-3-2-8-25-15)18(24)26-9-16(23)20-13-6-4-12(19)5-7-13/h2-8,14,17H,9-10H2,1H3,(H,20,23)/t14-,17+/m1/s1. The summed E-state index contributed by atoms with van der Waals surface area (Å²) in [4.78, 5) is 37.7. The predicted octanol–water partition coefficient (Wildman–Crippen LogP) is 2.56. The van der Waals surface area contributed by atoms with Crippen molar-refractivity contribution in [3.8, 4) is 0 Å². The van der Waals surface area contributed by atoms with E-state index in [1.807, 2.05) is 0 Å². The molecule has 1 saturated heterocycles. The molecule has 1 fully saturated rings. The van der Waals surface area contributed by atoms with Gasteiger partial charge >= 0.3 is 5.97 Å². The van der Waals surface area contributed by atoms with Crippen molar-refractivity contribution < 1.29 is 27.9 Å². The van der Waals surface area contributed by atoms with Crippen molar-refractivity contribution in [3.63, 3.8) is 0 Å². The van der Waals surface area contributed by atoms with E-state index in [1.165, 1.54) is 54.1 Å². The smallest absolute Gasteiger partial charge is 0.330 e. The number of hydrogen-bond acceptors (Lipinski definition) is 6. The number of ether oxygens (including phenoxy) is 1. The first-order chi connectivity index (χ1) is 13.0. The molecule has 0 radical (unpaired) electrons. The van der Waals surface area contributed by atoms with Crippen LogP contribution in [0.2, 0.25) is 0 Å². The molecule has 27 heavy (non-hydrogen) atoms. The molecule has 1 aromatic carbocycles. The van der Waals surface area contributed by atoms with Crippen LogP contribution in [0.15, 0.2) is 47.1 Å². The second kappa shape index (κ2) is 8.26. The minimum Gasteiger partial charge on any atom is -0.466 e. The highest BCUT2D eigenvalue weighted by Gasteiger charge is 2.43. The van der Waals surface area contributed by atoms with E-state index in [-0.39, 0.29) is 5.91 Å². The predicted molar refractivity (Wildman–Crippen MR) is 96.2 cm³/mol. The molecule has 0 spiro atoms. The molecule has 1 aliphatic heterocycles. The van der Waals surface area contributed by atoms with Gasteiger partial charge in [0.25, 0.3) is 5.91 Å². The highest BCUT2D eigenvalue weighted by Crippen LogP contribution is 2.41. The van der Waals surface area contributed by atoms with Crippen LogP contribution in [0.4, 0.5) is 10.1 Å². The molecule has 2 aromatic rings. The topological polar surface area (TPSA) is 88.8 Å². The summed E-state index contributed by atoms with van der Waals surface area (Å²) in [6.07, 6.45) is 1.50. The lowest BCUT2D eigenvalue weighted by atomic mass is 10.2. The Morgan fingerprint density at radius 2 is 2.04 bits per heavy atom. The molecule has 142 valence electrons. The number of esters is 1. The lowest BCUT2D eigenvalue weighted by molar-refractivity contribution is -0.155. The number of thioether (sulfide) groups is 1. The normalized spacial score (nSPS) is 19.0. The van der Waals surface area contributed by atoms with Crippen molar-refractivity contribution in [2.45, 2.75) is 18.3 Å². The average molecular weight is 392 g/mol. The summed E-state index contributed by atoms with van der Waals surface area (Å²) in [6.45, 7) is 0.859. The highest BCUT2D eigenvalue weighted by molar-refractivity contribution is 7.99. The van der Waals surface area contributed by atoms with Crippen molar-refractivity contribution >= 4 is 35.2 Å². The van der Waals surface area contributed by atoms with E-state index in [1.54, 1.807) is 12.1 Å². The molecule has 3 rings (SSSR count).